The molecule has 0 aliphatic heterocycles. The van der Waals surface area contributed by atoms with Gasteiger partial charge in [0.2, 0.25) is 5.89 Å². The van der Waals surface area contributed by atoms with Crippen LogP contribution in [0.1, 0.15) is 5.89 Å². The van der Waals surface area contributed by atoms with Crippen molar-refractivity contribution >= 4 is 17.2 Å². The van der Waals surface area contributed by atoms with Crippen molar-refractivity contribution in [3.63, 3.8) is 0 Å². The first kappa shape index (κ1) is 16.6. The maximum atomic E-state index is 11.7. The van der Waals surface area contributed by atoms with Crippen molar-refractivity contribution < 1.29 is 23.4 Å². The number of carbonyl (C=O) groups excluding carboxylic acids is 1. The molecule has 2 aromatic carbocycles. The predicted octanol–water partition coefficient (Wildman–Crippen LogP) is 3.48. The van der Waals surface area contributed by atoms with Crippen molar-refractivity contribution in [3.8, 4) is 17.2 Å². The number of para-hydroxylation sites is 2. The quantitative estimate of drug-likeness (QED) is 0.707. The average Bonchev–Trinajstić information content (AvgIpc) is 3.03. The van der Waals surface area contributed by atoms with Gasteiger partial charge >= 0.3 is 6.09 Å². The van der Waals surface area contributed by atoms with Gasteiger partial charge in [0.1, 0.15) is 11.3 Å². The van der Waals surface area contributed by atoms with Gasteiger partial charge in [-0.25, -0.2) is 9.78 Å². The van der Waals surface area contributed by atoms with Gasteiger partial charge in [-0.05, 0) is 24.3 Å². The van der Waals surface area contributed by atoms with Gasteiger partial charge in [0.05, 0.1) is 7.11 Å². The van der Waals surface area contributed by atoms with Crippen LogP contribution in [-0.4, -0.2) is 37.2 Å². The monoisotopic (exact) mass is 342 g/mol. The SMILES string of the molecule is COc1cc(OCc2nc3ccccc3o2)ccc1OC(=O)N(C)C. The highest BCUT2D eigenvalue weighted by atomic mass is 16.6. The number of oxazole rings is 1. The van der Waals surface area contributed by atoms with Crippen LogP contribution in [0.15, 0.2) is 46.9 Å². The highest BCUT2D eigenvalue weighted by Crippen LogP contribution is 2.32. The molecule has 7 nitrogen and oxygen atoms in total. The lowest BCUT2D eigenvalue weighted by molar-refractivity contribution is 0.170. The Morgan fingerprint density at radius 2 is 1.96 bits per heavy atom. The van der Waals surface area contributed by atoms with Crippen molar-refractivity contribution in [1.82, 2.24) is 9.88 Å². The van der Waals surface area contributed by atoms with E-state index in [0.29, 0.717) is 28.7 Å². The molecule has 0 atom stereocenters. The summed E-state index contributed by atoms with van der Waals surface area (Å²) < 4.78 is 21.8. The number of hydrogen-bond donors (Lipinski definition) is 0. The van der Waals surface area contributed by atoms with Gasteiger partial charge in [0.25, 0.3) is 0 Å². The minimum atomic E-state index is -0.488. The van der Waals surface area contributed by atoms with Crippen LogP contribution in [0, 0.1) is 0 Å². The number of nitrogens with zero attached hydrogens (tertiary/aromatic N) is 2. The summed E-state index contributed by atoms with van der Waals surface area (Å²) in [5, 5.41) is 0. The smallest absolute Gasteiger partial charge is 0.414 e. The summed E-state index contributed by atoms with van der Waals surface area (Å²) in [5.41, 5.74) is 1.49. The summed E-state index contributed by atoms with van der Waals surface area (Å²) in [5.74, 6) is 1.73. The van der Waals surface area contributed by atoms with E-state index in [1.807, 2.05) is 24.3 Å². The van der Waals surface area contributed by atoms with Crippen LogP contribution in [-0.2, 0) is 6.61 Å². The van der Waals surface area contributed by atoms with E-state index in [4.69, 9.17) is 18.6 Å². The summed E-state index contributed by atoms with van der Waals surface area (Å²) in [6, 6.07) is 12.4. The third-order valence-electron chi connectivity index (χ3n) is 3.40. The molecule has 1 aromatic heterocycles. The largest absolute Gasteiger partial charge is 0.493 e. The molecule has 0 saturated carbocycles. The van der Waals surface area contributed by atoms with E-state index in [-0.39, 0.29) is 6.61 Å². The van der Waals surface area contributed by atoms with Gasteiger partial charge in [-0.15, -0.1) is 0 Å². The Balaban J connectivity index is 1.71. The highest BCUT2D eigenvalue weighted by Gasteiger charge is 2.13. The second kappa shape index (κ2) is 7.12. The van der Waals surface area contributed by atoms with Crippen LogP contribution in [0.4, 0.5) is 4.79 Å². The molecule has 0 spiro atoms. The number of benzene rings is 2. The lowest BCUT2D eigenvalue weighted by atomic mass is 10.3. The topological polar surface area (TPSA) is 74.0 Å². The maximum absolute atomic E-state index is 11.7. The summed E-state index contributed by atoms with van der Waals surface area (Å²) in [6.07, 6.45) is -0.488. The molecule has 0 radical (unpaired) electrons. The van der Waals surface area contributed by atoms with Crippen molar-refractivity contribution in [2.75, 3.05) is 21.2 Å². The second-order valence-corrected chi connectivity index (χ2v) is 5.44. The van der Waals surface area contributed by atoms with Crippen molar-refractivity contribution in [2.45, 2.75) is 6.61 Å². The van der Waals surface area contributed by atoms with Gasteiger partial charge in [-0.3, -0.25) is 0 Å². The minimum absolute atomic E-state index is 0.175. The number of fused-ring (bicyclic) bond motifs is 1. The normalized spacial score (nSPS) is 10.5. The Morgan fingerprint density at radius 1 is 1.16 bits per heavy atom. The lowest BCUT2D eigenvalue weighted by Crippen LogP contribution is -2.25. The molecule has 7 heteroatoms. The zero-order chi connectivity index (χ0) is 17.8. The number of aromatic nitrogens is 1. The molecule has 130 valence electrons. The molecular formula is C18H18N2O5. The number of rotatable bonds is 5. The second-order valence-electron chi connectivity index (χ2n) is 5.44. The molecule has 1 heterocycles. The molecule has 0 aliphatic carbocycles. The molecule has 0 bridgehead atoms. The first-order valence-corrected chi connectivity index (χ1v) is 7.61. The molecular weight excluding hydrogens is 324 g/mol. The van der Waals surface area contributed by atoms with E-state index in [0.717, 1.165) is 5.52 Å². The number of methoxy groups -OCH3 is 1. The van der Waals surface area contributed by atoms with E-state index >= 15 is 0 Å². The fourth-order valence-corrected chi connectivity index (χ4v) is 2.13. The average molecular weight is 342 g/mol. The van der Waals surface area contributed by atoms with Crippen LogP contribution in [0.3, 0.4) is 0 Å². The van der Waals surface area contributed by atoms with Gasteiger partial charge in [-0.1, -0.05) is 12.1 Å². The Labute approximate surface area is 144 Å². The molecule has 0 aliphatic rings. The van der Waals surface area contributed by atoms with E-state index in [1.165, 1.54) is 12.0 Å². The Bertz CT molecular complexity index is 855. The fourth-order valence-electron chi connectivity index (χ4n) is 2.13. The molecule has 0 saturated heterocycles. The molecule has 0 N–H and O–H groups in total. The van der Waals surface area contributed by atoms with Crippen LogP contribution >= 0.6 is 0 Å². The van der Waals surface area contributed by atoms with Crippen LogP contribution < -0.4 is 14.2 Å². The Morgan fingerprint density at radius 3 is 2.68 bits per heavy atom. The maximum Gasteiger partial charge on any atom is 0.414 e. The standard InChI is InChI=1S/C18H18N2O5/c1-20(2)18(21)25-15-9-8-12(10-16(15)22-3)23-11-17-19-13-6-4-5-7-14(13)24-17/h4-10H,11H2,1-3H3. The highest BCUT2D eigenvalue weighted by molar-refractivity contribution is 5.72. The molecule has 3 rings (SSSR count). The third-order valence-corrected chi connectivity index (χ3v) is 3.40. The lowest BCUT2D eigenvalue weighted by Gasteiger charge is -2.14. The van der Waals surface area contributed by atoms with Gasteiger partial charge < -0.3 is 23.5 Å². The molecule has 1 amide bonds. The summed E-state index contributed by atoms with van der Waals surface area (Å²) in [4.78, 5) is 17.3. The number of hydrogen-bond acceptors (Lipinski definition) is 6. The zero-order valence-electron chi connectivity index (χ0n) is 14.2. The fraction of sp³-hybridized carbons (Fsp3) is 0.222. The van der Waals surface area contributed by atoms with Crippen LogP contribution in [0.2, 0.25) is 0 Å². The van der Waals surface area contributed by atoms with Crippen molar-refractivity contribution in [3.05, 3.63) is 48.4 Å². The van der Waals surface area contributed by atoms with Gasteiger partial charge in [0, 0.05) is 20.2 Å². The minimum Gasteiger partial charge on any atom is -0.493 e. The number of ether oxygens (including phenoxy) is 3. The predicted molar refractivity (Wildman–Crippen MR) is 91.0 cm³/mol. The third kappa shape index (κ3) is 3.82. The van der Waals surface area contributed by atoms with E-state index in [1.54, 1.807) is 32.3 Å². The summed E-state index contributed by atoms with van der Waals surface area (Å²) >= 11 is 0. The van der Waals surface area contributed by atoms with Crippen molar-refractivity contribution in [2.24, 2.45) is 0 Å². The molecule has 0 unspecified atom stereocenters. The summed E-state index contributed by atoms with van der Waals surface area (Å²) in [7, 11) is 4.70. The summed E-state index contributed by atoms with van der Waals surface area (Å²) in [6.45, 7) is 0.175. The van der Waals surface area contributed by atoms with Crippen LogP contribution in [0.25, 0.3) is 11.1 Å². The van der Waals surface area contributed by atoms with Crippen molar-refractivity contribution in [1.29, 1.82) is 0 Å². The number of carbonyl (C=O) groups is 1. The van der Waals surface area contributed by atoms with Gasteiger partial charge in [0.15, 0.2) is 23.7 Å². The van der Waals surface area contributed by atoms with Gasteiger partial charge in [-0.2, -0.15) is 0 Å². The van der Waals surface area contributed by atoms with Crippen LogP contribution in [0.5, 0.6) is 17.2 Å². The van der Waals surface area contributed by atoms with E-state index < -0.39 is 6.09 Å². The first-order chi connectivity index (χ1) is 12.1. The molecule has 3 aromatic rings. The van der Waals surface area contributed by atoms with E-state index in [2.05, 4.69) is 4.98 Å². The molecule has 25 heavy (non-hydrogen) atoms. The van der Waals surface area contributed by atoms with E-state index in [9.17, 15) is 4.79 Å². The first-order valence-electron chi connectivity index (χ1n) is 7.61. The number of amides is 1. The molecule has 0 fully saturated rings. The Hall–Kier alpha value is -3.22. The Kier molecular flexibility index (Phi) is 4.74. The zero-order valence-corrected chi connectivity index (χ0v) is 14.2.